The van der Waals surface area contributed by atoms with Crippen molar-refractivity contribution in [1.29, 1.82) is 0 Å². The molecule has 2 fully saturated rings. The molecule has 4 rings (SSSR count). The van der Waals surface area contributed by atoms with E-state index in [1.165, 1.54) is 24.3 Å². The molecule has 1 heterocycles. The smallest absolute Gasteiger partial charge is 0.410 e. The van der Waals surface area contributed by atoms with Crippen molar-refractivity contribution >= 4 is 12.1 Å². The number of aliphatic hydroxyl groups is 1. The van der Waals surface area contributed by atoms with Crippen LogP contribution in [0.4, 0.5) is 13.6 Å². The summed E-state index contributed by atoms with van der Waals surface area (Å²) in [5.74, 6) is -1.12. The Hall–Kier alpha value is -3.04. The Morgan fingerprint density at radius 2 is 1.46 bits per heavy atom. The van der Waals surface area contributed by atoms with Crippen LogP contribution in [0, 0.1) is 23.5 Å². The van der Waals surface area contributed by atoms with Crippen molar-refractivity contribution in [3.05, 3.63) is 71.3 Å². The van der Waals surface area contributed by atoms with Crippen LogP contribution < -0.4 is 5.32 Å². The molecule has 2 aromatic rings. The van der Waals surface area contributed by atoms with Gasteiger partial charge in [0.15, 0.2) is 0 Å². The summed E-state index contributed by atoms with van der Waals surface area (Å²) in [6.45, 7) is 7.74. The van der Waals surface area contributed by atoms with Gasteiger partial charge in [0.25, 0.3) is 0 Å². The van der Waals surface area contributed by atoms with Gasteiger partial charge in [-0.25, -0.2) is 18.4 Å². The second-order valence-corrected chi connectivity index (χ2v) is 10.7. The van der Waals surface area contributed by atoms with Gasteiger partial charge in [-0.15, -0.1) is 0 Å². The Bertz CT molecular complexity index is 1050. The molecule has 2 aliphatic rings. The number of carbonyl (C=O) groups excluding carboxylic acids is 2. The van der Waals surface area contributed by atoms with Crippen LogP contribution in [0.25, 0.3) is 0 Å². The summed E-state index contributed by atoms with van der Waals surface area (Å²) in [4.78, 5) is 27.7. The first-order chi connectivity index (χ1) is 17.5. The molecular weight excluding hydrogens is 482 g/mol. The zero-order chi connectivity index (χ0) is 26.8. The number of unbranched alkanes of at least 4 members (excludes halogenated alkanes) is 1. The zero-order valence-electron chi connectivity index (χ0n) is 21.4. The first kappa shape index (κ1) is 27.0. The number of piperidine rings is 1. The third-order valence-electron chi connectivity index (χ3n) is 6.88. The third-order valence-corrected chi connectivity index (χ3v) is 6.88. The Kier molecular flexibility index (Phi) is 7.85. The maximum atomic E-state index is 13.5. The Balaban J connectivity index is 1.37. The second kappa shape index (κ2) is 10.8. The van der Waals surface area contributed by atoms with Crippen LogP contribution in [0.1, 0.15) is 44.7 Å². The number of rotatable bonds is 9. The molecule has 0 bridgehead atoms. The lowest BCUT2D eigenvalue weighted by molar-refractivity contribution is -0.162. The number of carbonyl (C=O) groups is 2. The molecule has 2 N–H and O–H groups in total. The molecule has 2 unspecified atom stereocenters. The number of nitrogens with zero attached hydrogens (tertiary/aromatic N) is 1. The molecule has 0 radical (unpaired) electrons. The largest absolute Gasteiger partial charge is 0.463 e. The Morgan fingerprint density at radius 1 is 0.946 bits per heavy atom. The summed E-state index contributed by atoms with van der Waals surface area (Å²) >= 11 is 0. The van der Waals surface area contributed by atoms with Gasteiger partial charge in [-0.3, -0.25) is 0 Å². The van der Waals surface area contributed by atoms with Crippen molar-refractivity contribution in [1.82, 2.24) is 10.2 Å². The minimum absolute atomic E-state index is 0.00473. The maximum absolute atomic E-state index is 13.5. The Morgan fingerprint density at radius 3 is 1.95 bits per heavy atom. The second-order valence-electron chi connectivity index (χ2n) is 10.7. The molecule has 200 valence electrons. The summed E-state index contributed by atoms with van der Waals surface area (Å²) in [6, 6.07) is 9.84. The van der Waals surface area contributed by atoms with E-state index in [0.717, 1.165) is 37.4 Å². The average Bonchev–Trinajstić information content (AvgIpc) is 3.28. The molecule has 7 nitrogen and oxygen atoms in total. The van der Waals surface area contributed by atoms with E-state index in [1.807, 2.05) is 20.8 Å². The molecule has 9 heteroatoms. The van der Waals surface area contributed by atoms with Gasteiger partial charge in [0, 0.05) is 25.7 Å². The van der Waals surface area contributed by atoms with Crippen LogP contribution in [0.3, 0.4) is 0 Å². The van der Waals surface area contributed by atoms with Gasteiger partial charge in [0.2, 0.25) is 5.60 Å². The van der Waals surface area contributed by atoms with Gasteiger partial charge in [-0.05, 0) is 80.8 Å². The summed E-state index contributed by atoms with van der Waals surface area (Å²) in [7, 11) is 0. The van der Waals surface area contributed by atoms with Gasteiger partial charge in [-0.1, -0.05) is 24.3 Å². The van der Waals surface area contributed by atoms with Crippen LogP contribution >= 0.6 is 0 Å². The maximum Gasteiger partial charge on any atom is 0.410 e. The lowest BCUT2D eigenvalue weighted by atomic mass is 9.86. The lowest BCUT2D eigenvalue weighted by Crippen LogP contribution is -2.42. The lowest BCUT2D eigenvalue weighted by Gasteiger charge is -2.29. The van der Waals surface area contributed by atoms with Gasteiger partial charge in [-0.2, -0.15) is 0 Å². The molecule has 1 saturated heterocycles. The Labute approximate surface area is 215 Å². The number of ether oxygens (including phenoxy) is 2. The monoisotopic (exact) mass is 516 g/mol. The predicted octanol–water partition coefficient (Wildman–Crippen LogP) is 3.98. The summed E-state index contributed by atoms with van der Waals surface area (Å²) < 4.78 is 38.0. The van der Waals surface area contributed by atoms with E-state index >= 15 is 0 Å². The molecular formula is C28H34F2N2O5. The highest BCUT2D eigenvalue weighted by Crippen LogP contribution is 2.46. The highest BCUT2D eigenvalue weighted by molar-refractivity contribution is 5.85. The molecule has 2 atom stereocenters. The number of hydrogen-bond acceptors (Lipinski definition) is 6. The van der Waals surface area contributed by atoms with E-state index in [0.29, 0.717) is 31.2 Å². The summed E-state index contributed by atoms with van der Waals surface area (Å²) in [5.41, 5.74) is -2.62. The fraction of sp³-hybridized carbons (Fsp3) is 0.500. The number of benzene rings is 2. The SMILES string of the molecule is CC(C)(C)OC(=O)N(CCCCOC(=O)C(O)(c1ccc(F)cc1)c1ccc(F)cc1)C1C2CNCC21. The van der Waals surface area contributed by atoms with Crippen LogP contribution in [-0.4, -0.2) is 60.0 Å². The number of amides is 1. The van der Waals surface area contributed by atoms with E-state index in [1.54, 1.807) is 4.90 Å². The highest BCUT2D eigenvalue weighted by Gasteiger charge is 2.57. The van der Waals surface area contributed by atoms with E-state index in [9.17, 15) is 23.5 Å². The van der Waals surface area contributed by atoms with Gasteiger partial charge in [0.05, 0.1) is 6.61 Å². The first-order valence-corrected chi connectivity index (χ1v) is 12.6. The van der Waals surface area contributed by atoms with Gasteiger partial charge < -0.3 is 24.8 Å². The predicted molar refractivity (Wildman–Crippen MR) is 133 cm³/mol. The molecule has 0 aromatic heterocycles. The molecule has 1 aliphatic carbocycles. The van der Waals surface area contributed by atoms with E-state index in [4.69, 9.17) is 9.47 Å². The van der Waals surface area contributed by atoms with Crippen molar-refractivity contribution in [2.75, 3.05) is 26.2 Å². The summed E-state index contributed by atoms with van der Waals surface area (Å²) in [6.07, 6.45) is 0.682. The van der Waals surface area contributed by atoms with E-state index < -0.39 is 28.8 Å². The fourth-order valence-corrected chi connectivity index (χ4v) is 4.97. The number of nitrogens with one attached hydrogen (secondary N) is 1. The topological polar surface area (TPSA) is 88.1 Å². The molecule has 1 saturated carbocycles. The minimum Gasteiger partial charge on any atom is -0.463 e. The van der Waals surface area contributed by atoms with E-state index in [-0.39, 0.29) is 29.9 Å². The minimum atomic E-state index is -2.23. The van der Waals surface area contributed by atoms with Gasteiger partial charge >= 0.3 is 12.1 Å². The molecule has 2 aromatic carbocycles. The van der Waals surface area contributed by atoms with Crippen molar-refractivity contribution < 1.29 is 33.0 Å². The standard InChI is InChI=1S/C28H34F2N2O5/c1-27(2,3)37-26(34)32(24-22-16-31-17-23(22)24)14-4-5-15-36-25(33)28(35,18-6-10-20(29)11-7-18)19-8-12-21(30)13-9-19/h6-13,22-24,31,35H,4-5,14-17H2,1-3H3. The molecule has 37 heavy (non-hydrogen) atoms. The van der Waals surface area contributed by atoms with Crippen molar-refractivity contribution in [3.63, 3.8) is 0 Å². The average molecular weight is 517 g/mol. The van der Waals surface area contributed by atoms with Crippen molar-refractivity contribution in [2.24, 2.45) is 11.8 Å². The van der Waals surface area contributed by atoms with E-state index in [2.05, 4.69) is 5.32 Å². The summed E-state index contributed by atoms with van der Waals surface area (Å²) in [5, 5.41) is 14.7. The van der Waals surface area contributed by atoms with Crippen LogP contribution in [0.5, 0.6) is 0 Å². The first-order valence-electron chi connectivity index (χ1n) is 12.6. The normalized spacial score (nSPS) is 20.8. The number of esters is 1. The fourth-order valence-electron chi connectivity index (χ4n) is 4.97. The van der Waals surface area contributed by atoms with Crippen molar-refractivity contribution in [2.45, 2.75) is 50.9 Å². The van der Waals surface area contributed by atoms with Crippen LogP contribution in [-0.2, 0) is 19.9 Å². The quantitative estimate of drug-likeness (QED) is 0.387. The molecule has 1 amide bonds. The number of hydrogen-bond donors (Lipinski definition) is 2. The third kappa shape index (κ3) is 6.10. The van der Waals surface area contributed by atoms with Crippen LogP contribution in [0.15, 0.2) is 48.5 Å². The zero-order valence-corrected chi connectivity index (χ0v) is 21.4. The van der Waals surface area contributed by atoms with Crippen LogP contribution in [0.2, 0.25) is 0 Å². The van der Waals surface area contributed by atoms with Gasteiger partial charge in [0.1, 0.15) is 17.2 Å². The number of fused-ring (bicyclic) bond motifs is 1. The van der Waals surface area contributed by atoms with Crippen molar-refractivity contribution in [3.8, 4) is 0 Å². The number of halogens is 2. The highest BCUT2D eigenvalue weighted by atomic mass is 19.1. The molecule has 0 spiro atoms. The molecule has 1 aliphatic heterocycles.